The fraction of sp³-hybridized carbons (Fsp3) is 0.111. The summed E-state index contributed by atoms with van der Waals surface area (Å²) in [5, 5.41) is 3.88. The van der Waals surface area contributed by atoms with Gasteiger partial charge in [-0.2, -0.15) is 5.10 Å². The SMILES string of the molecule is COc1ccc(CC(=O)N/N=C\C=C/c2ccccc2)cc1. The number of nitrogens with zero attached hydrogens (tertiary/aromatic N) is 1. The molecule has 0 aliphatic rings. The second-order valence-electron chi connectivity index (χ2n) is 4.61. The highest BCUT2D eigenvalue weighted by Crippen LogP contribution is 2.11. The zero-order valence-electron chi connectivity index (χ0n) is 12.4. The van der Waals surface area contributed by atoms with Crippen LogP contribution in [0.15, 0.2) is 65.8 Å². The van der Waals surface area contributed by atoms with Crippen LogP contribution in [0.1, 0.15) is 11.1 Å². The Kier molecular flexibility index (Phi) is 5.93. The first-order valence-electron chi connectivity index (χ1n) is 6.94. The van der Waals surface area contributed by atoms with Crippen LogP contribution in [0.25, 0.3) is 6.08 Å². The molecule has 0 spiro atoms. The molecule has 0 radical (unpaired) electrons. The van der Waals surface area contributed by atoms with E-state index in [4.69, 9.17) is 4.74 Å². The summed E-state index contributed by atoms with van der Waals surface area (Å²) in [4.78, 5) is 11.7. The third-order valence-electron chi connectivity index (χ3n) is 2.96. The number of carbonyl (C=O) groups excluding carboxylic acids is 1. The summed E-state index contributed by atoms with van der Waals surface area (Å²) in [6.07, 6.45) is 5.53. The Labute approximate surface area is 130 Å². The molecule has 1 N–H and O–H groups in total. The largest absolute Gasteiger partial charge is 0.497 e. The molecule has 4 heteroatoms. The zero-order chi connectivity index (χ0) is 15.6. The quantitative estimate of drug-likeness (QED) is 0.657. The van der Waals surface area contributed by atoms with Crippen LogP contribution in [-0.4, -0.2) is 19.2 Å². The molecule has 2 aromatic rings. The molecule has 0 aliphatic heterocycles. The average Bonchev–Trinajstić information content (AvgIpc) is 2.56. The Morgan fingerprint density at radius 2 is 1.86 bits per heavy atom. The van der Waals surface area contributed by atoms with E-state index < -0.39 is 0 Å². The van der Waals surface area contributed by atoms with E-state index in [-0.39, 0.29) is 12.3 Å². The van der Waals surface area contributed by atoms with Crippen LogP contribution in [0.3, 0.4) is 0 Å². The van der Waals surface area contributed by atoms with Crippen molar-refractivity contribution in [2.24, 2.45) is 5.10 Å². The number of allylic oxidation sites excluding steroid dienone is 1. The predicted molar refractivity (Wildman–Crippen MR) is 88.8 cm³/mol. The Morgan fingerprint density at radius 3 is 2.55 bits per heavy atom. The van der Waals surface area contributed by atoms with Crippen molar-refractivity contribution in [3.63, 3.8) is 0 Å². The molecule has 0 saturated carbocycles. The third-order valence-corrected chi connectivity index (χ3v) is 2.96. The van der Waals surface area contributed by atoms with Gasteiger partial charge in [0.25, 0.3) is 0 Å². The molecule has 22 heavy (non-hydrogen) atoms. The van der Waals surface area contributed by atoms with E-state index in [1.165, 1.54) is 0 Å². The minimum atomic E-state index is -0.158. The van der Waals surface area contributed by atoms with Crippen LogP contribution >= 0.6 is 0 Å². The van der Waals surface area contributed by atoms with Gasteiger partial charge < -0.3 is 4.74 Å². The van der Waals surface area contributed by atoms with E-state index in [1.807, 2.05) is 60.7 Å². The molecule has 112 valence electrons. The predicted octanol–water partition coefficient (Wildman–Crippen LogP) is 3.05. The topological polar surface area (TPSA) is 50.7 Å². The van der Waals surface area contributed by atoms with Gasteiger partial charge in [-0.15, -0.1) is 0 Å². The van der Waals surface area contributed by atoms with E-state index in [2.05, 4.69) is 10.5 Å². The van der Waals surface area contributed by atoms with Gasteiger partial charge >= 0.3 is 0 Å². The number of carbonyl (C=O) groups is 1. The van der Waals surface area contributed by atoms with E-state index in [0.717, 1.165) is 16.9 Å². The molecule has 0 fully saturated rings. The van der Waals surface area contributed by atoms with Crippen molar-refractivity contribution < 1.29 is 9.53 Å². The maximum absolute atomic E-state index is 11.7. The summed E-state index contributed by atoms with van der Waals surface area (Å²) in [5.74, 6) is 0.614. The number of nitrogens with one attached hydrogen (secondary N) is 1. The summed E-state index contributed by atoms with van der Waals surface area (Å²) >= 11 is 0. The van der Waals surface area contributed by atoms with Crippen LogP contribution in [-0.2, 0) is 11.2 Å². The molecule has 4 nitrogen and oxygen atoms in total. The van der Waals surface area contributed by atoms with E-state index in [9.17, 15) is 4.79 Å². The van der Waals surface area contributed by atoms with E-state index in [1.54, 1.807) is 19.4 Å². The highest BCUT2D eigenvalue weighted by molar-refractivity contribution is 5.82. The van der Waals surface area contributed by atoms with Crippen LogP contribution in [0.4, 0.5) is 0 Å². The van der Waals surface area contributed by atoms with Crippen LogP contribution in [0.5, 0.6) is 5.75 Å². The van der Waals surface area contributed by atoms with Gasteiger partial charge in [-0.1, -0.05) is 48.5 Å². The van der Waals surface area contributed by atoms with Crippen molar-refractivity contribution >= 4 is 18.2 Å². The van der Waals surface area contributed by atoms with Crippen molar-refractivity contribution in [2.75, 3.05) is 7.11 Å². The standard InChI is InChI=1S/C18H18N2O2/c1-22-17-11-9-16(10-12-17)14-18(21)20-19-13-5-8-15-6-3-2-4-7-15/h2-13H,14H2,1H3,(H,20,21)/b8-5-,19-13-. The minimum absolute atomic E-state index is 0.158. The molecule has 0 heterocycles. The normalized spacial score (nSPS) is 11.0. The van der Waals surface area contributed by atoms with Crippen LogP contribution in [0.2, 0.25) is 0 Å². The fourth-order valence-electron chi connectivity index (χ4n) is 1.84. The Bertz CT molecular complexity index is 647. The number of hydrogen-bond acceptors (Lipinski definition) is 3. The monoisotopic (exact) mass is 294 g/mol. The lowest BCUT2D eigenvalue weighted by Gasteiger charge is -2.02. The van der Waals surface area contributed by atoms with Gasteiger partial charge in [-0.25, -0.2) is 5.43 Å². The second-order valence-corrected chi connectivity index (χ2v) is 4.61. The van der Waals surface area contributed by atoms with Gasteiger partial charge in [0.2, 0.25) is 5.91 Å². The van der Waals surface area contributed by atoms with E-state index >= 15 is 0 Å². The third kappa shape index (κ3) is 5.25. The molecule has 2 aromatic carbocycles. The molecule has 0 aromatic heterocycles. The highest BCUT2D eigenvalue weighted by Gasteiger charge is 2.01. The number of benzene rings is 2. The van der Waals surface area contributed by atoms with Gasteiger partial charge in [0.15, 0.2) is 0 Å². The first kappa shape index (κ1) is 15.5. The summed E-state index contributed by atoms with van der Waals surface area (Å²) in [7, 11) is 1.61. The Hall–Kier alpha value is -2.88. The molecule has 0 bridgehead atoms. The van der Waals surface area contributed by atoms with Crippen molar-refractivity contribution in [3.05, 3.63) is 71.8 Å². The lowest BCUT2D eigenvalue weighted by Crippen LogP contribution is -2.19. The minimum Gasteiger partial charge on any atom is -0.497 e. The second kappa shape index (κ2) is 8.42. The average molecular weight is 294 g/mol. The number of methoxy groups -OCH3 is 1. The van der Waals surface area contributed by atoms with Crippen molar-refractivity contribution in [1.29, 1.82) is 0 Å². The van der Waals surface area contributed by atoms with Crippen LogP contribution < -0.4 is 10.2 Å². The smallest absolute Gasteiger partial charge is 0.244 e. The molecule has 0 saturated heterocycles. The zero-order valence-corrected chi connectivity index (χ0v) is 12.4. The fourth-order valence-corrected chi connectivity index (χ4v) is 1.84. The summed E-state index contributed by atoms with van der Waals surface area (Å²) in [5.41, 5.74) is 4.49. The van der Waals surface area contributed by atoms with Gasteiger partial charge in [-0.05, 0) is 29.3 Å². The van der Waals surface area contributed by atoms with Gasteiger partial charge in [0.05, 0.1) is 13.5 Å². The molecule has 0 atom stereocenters. The van der Waals surface area contributed by atoms with Gasteiger partial charge in [-0.3, -0.25) is 4.79 Å². The van der Waals surface area contributed by atoms with Gasteiger partial charge in [0.1, 0.15) is 5.75 Å². The molecule has 0 unspecified atom stereocenters. The number of hydrazone groups is 1. The highest BCUT2D eigenvalue weighted by atomic mass is 16.5. The number of amides is 1. The Morgan fingerprint density at radius 1 is 1.14 bits per heavy atom. The Balaban J connectivity index is 1.77. The maximum atomic E-state index is 11.7. The maximum Gasteiger partial charge on any atom is 0.244 e. The first-order chi connectivity index (χ1) is 10.8. The lowest BCUT2D eigenvalue weighted by atomic mass is 10.1. The number of hydrogen-bond donors (Lipinski definition) is 1. The number of ether oxygens (including phenoxy) is 1. The van der Waals surface area contributed by atoms with Crippen molar-refractivity contribution in [3.8, 4) is 5.75 Å². The van der Waals surface area contributed by atoms with Crippen molar-refractivity contribution in [1.82, 2.24) is 5.43 Å². The van der Waals surface area contributed by atoms with E-state index in [0.29, 0.717) is 0 Å². The van der Waals surface area contributed by atoms with Crippen LogP contribution in [0, 0.1) is 0 Å². The molecule has 0 aliphatic carbocycles. The van der Waals surface area contributed by atoms with Crippen molar-refractivity contribution in [2.45, 2.75) is 6.42 Å². The van der Waals surface area contributed by atoms with Gasteiger partial charge in [0, 0.05) is 6.21 Å². The molecular weight excluding hydrogens is 276 g/mol. The molecule has 1 amide bonds. The lowest BCUT2D eigenvalue weighted by molar-refractivity contribution is -0.120. The summed E-state index contributed by atoms with van der Waals surface area (Å²) in [6.45, 7) is 0. The first-order valence-corrected chi connectivity index (χ1v) is 6.94. The summed E-state index contributed by atoms with van der Waals surface area (Å²) < 4.78 is 5.07. The molecule has 2 rings (SSSR count). The molecular formula is C18H18N2O2. The number of rotatable bonds is 6. The summed E-state index contributed by atoms with van der Waals surface area (Å²) in [6, 6.07) is 17.3.